The Morgan fingerprint density at radius 3 is 2.67 bits per heavy atom. The molecule has 7 nitrogen and oxygen atoms in total. The van der Waals surface area contributed by atoms with Crippen molar-refractivity contribution in [2.45, 2.75) is 0 Å². The van der Waals surface area contributed by atoms with Gasteiger partial charge in [-0.15, -0.1) is 0 Å². The third-order valence-corrected chi connectivity index (χ3v) is 3.27. The minimum absolute atomic E-state index is 0.527. The van der Waals surface area contributed by atoms with Gasteiger partial charge in [0, 0.05) is 11.8 Å². The smallest absolute Gasteiger partial charge is 0.163 e. The van der Waals surface area contributed by atoms with E-state index in [1.54, 1.807) is 6.07 Å². The highest BCUT2D eigenvalue weighted by molar-refractivity contribution is 5.96. The number of nitrogens with two attached hydrogens (primary N) is 1. The molecular weight excluding hydrogens is 272 g/mol. The molecule has 0 radical (unpaired) electrons. The number of nitrogens with one attached hydrogen (secondary N) is 1. The van der Waals surface area contributed by atoms with Crippen molar-refractivity contribution in [1.29, 1.82) is 0 Å². The molecule has 1 aromatic heterocycles. The predicted octanol–water partition coefficient (Wildman–Crippen LogP) is 2.32. The number of aromatic nitrogens is 2. The van der Waals surface area contributed by atoms with Crippen molar-refractivity contribution in [3.8, 4) is 11.5 Å². The van der Waals surface area contributed by atoms with Crippen LogP contribution in [0, 0.1) is 0 Å². The maximum absolute atomic E-state index is 5.83. The van der Waals surface area contributed by atoms with E-state index in [4.69, 9.17) is 19.8 Å². The Kier molecular flexibility index (Phi) is 2.56. The fourth-order valence-corrected chi connectivity index (χ4v) is 2.26. The van der Waals surface area contributed by atoms with Crippen molar-refractivity contribution < 1.29 is 14.1 Å². The van der Waals surface area contributed by atoms with E-state index in [2.05, 4.69) is 15.6 Å². The van der Waals surface area contributed by atoms with Crippen molar-refractivity contribution in [3.05, 3.63) is 30.3 Å². The van der Waals surface area contributed by atoms with Crippen LogP contribution >= 0.6 is 0 Å². The van der Waals surface area contributed by atoms with Crippen molar-refractivity contribution in [2.75, 3.05) is 24.3 Å². The second-order valence-corrected chi connectivity index (χ2v) is 4.65. The molecule has 0 atom stereocenters. The monoisotopic (exact) mass is 284 g/mol. The van der Waals surface area contributed by atoms with Gasteiger partial charge in [0.25, 0.3) is 0 Å². The molecule has 21 heavy (non-hydrogen) atoms. The average Bonchev–Trinajstić information content (AvgIpc) is 3.01. The van der Waals surface area contributed by atoms with Gasteiger partial charge in [-0.25, -0.2) is 4.63 Å². The summed E-state index contributed by atoms with van der Waals surface area (Å²) in [7, 11) is 0. The third kappa shape index (κ3) is 1.99. The third-order valence-electron chi connectivity index (χ3n) is 3.27. The SMILES string of the molecule is Nc1ccc(Nc2ccc3c(c2)OCCO3)c2nonc12. The van der Waals surface area contributed by atoms with Crippen LogP contribution < -0.4 is 20.5 Å². The lowest BCUT2D eigenvalue weighted by atomic mass is 10.2. The van der Waals surface area contributed by atoms with Crippen LogP contribution in [0.1, 0.15) is 0 Å². The van der Waals surface area contributed by atoms with Crippen molar-refractivity contribution >= 4 is 28.1 Å². The van der Waals surface area contributed by atoms with Crippen LogP contribution in [-0.4, -0.2) is 23.5 Å². The Labute approximate surface area is 119 Å². The highest BCUT2D eigenvalue weighted by atomic mass is 16.6. The van der Waals surface area contributed by atoms with Crippen molar-refractivity contribution in [3.63, 3.8) is 0 Å². The number of anilines is 3. The van der Waals surface area contributed by atoms with Gasteiger partial charge in [-0.3, -0.25) is 0 Å². The van der Waals surface area contributed by atoms with Gasteiger partial charge in [-0.05, 0) is 34.6 Å². The zero-order valence-electron chi connectivity index (χ0n) is 11.0. The first-order valence-corrected chi connectivity index (χ1v) is 6.49. The highest BCUT2D eigenvalue weighted by Crippen LogP contribution is 2.35. The topological polar surface area (TPSA) is 95.4 Å². The summed E-state index contributed by atoms with van der Waals surface area (Å²) in [6.45, 7) is 1.12. The summed E-state index contributed by atoms with van der Waals surface area (Å²) in [6, 6.07) is 9.24. The molecule has 0 saturated carbocycles. The Bertz CT molecular complexity index is 815. The van der Waals surface area contributed by atoms with E-state index in [1.807, 2.05) is 24.3 Å². The second-order valence-electron chi connectivity index (χ2n) is 4.65. The Hall–Kier alpha value is -2.96. The normalized spacial score (nSPS) is 13.3. The van der Waals surface area contributed by atoms with E-state index in [0.717, 1.165) is 22.9 Å². The number of nitrogens with zero attached hydrogens (tertiary/aromatic N) is 2. The number of ether oxygens (including phenoxy) is 2. The standard InChI is InChI=1S/C14H12N4O3/c15-9-2-3-10(14-13(9)17-21-18-14)16-8-1-4-11-12(7-8)20-6-5-19-11/h1-4,7,16H,5-6,15H2. The van der Waals surface area contributed by atoms with E-state index in [0.29, 0.717) is 29.9 Å². The molecule has 0 spiro atoms. The molecule has 4 rings (SSSR count). The van der Waals surface area contributed by atoms with Gasteiger partial charge < -0.3 is 20.5 Å². The minimum Gasteiger partial charge on any atom is -0.486 e. The lowest BCUT2D eigenvalue weighted by Crippen LogP contribution is -2.15. The number of hydrogen-bond acceptors (Lipinski definition) is 7. The first kappa shape index (κ1) is 11.8. The van der Waals surface area contributed by atoms with Crippen LogP contribution in [0.3, 0.4) is 0 Å². The molecule has 2 aromatic carbocycles. The van der Waals surface area contributed by atoms with Gasteiger partial charge in [0.2, 0.25) is 0 Å². The molecule has 2 heterocycles. The van der Waals surface area contributed by atoms with Gasteiger partial charge in [-0.1, -0.05) is 0 Å². The first-order chi connectivity index (χ1) is 10.3. The fourth-order valence-electron chi connectivity index (χ4n) is 2.26. The van der Waals surface area contributed by atoms with Crippen LogP contribution in [0.15, 0.2) is 35.0 Å². The Morgan fingerprint density at radius 1 is 0.952 bits per heavy atom. The van der Waals surface area contributed by atoms with Gasteiger partial charge in [0.05, 0.1) is 11.4 Å². The molecule has 0 saturated heterocycles. The lowest BCUT2D eigenvalue weighted by Gasteiger charge is -2.19. The van der Waals surface area contributed by atoms with Gasteiger partial charge in [0.1, 0.15) is 13.2 Å². The quantitative estimate of drug-likeness (QED) is 0.697. The van der Waals surface area contributed by atoms with Gasteiger partial charge >= 0.3 is 0 Å². The summed E-state index contributed by atoms with van der Waals surface area (Å²) in [4.78, 5) is 0. The molecular formula is C14H12N4O3. The van der Waals surface area contributed by atoms with E-state index in [1.165, 1.54) is 0 Å². The second kappa shape index (κ2) is 4.55. The van der Waals surface area contributed by atoms with E-state index >= 15 is 0 Å². The molecule has 1 aliphatic rings. The molecule has 3 aromatic rings. The number of fused-ring (bicyclic) bond motifs is 2. The van der Waals surface area contributed by atoms with Crippen molar-refractivity contribution in [2.24, 2.45) is 0 Å². The van der Waals surface area contributed by atoms with E-state index in [9.17, 15) is 0 Å². The molecule has 0 bridgehead atoms. The summed E-state index contributed by atoms with van der Waals surface area (Å²) in [5.74, 6) is 1.47. The van der Waals surface area contributed by atoms with E-state index < -0.39 is 0 Å². The molecule has 106 valence electrons. The minimum atomic E-state index is 0.527. The number of nitrogen functional groups attached to an aromatic ring is 1. The summed E-state index contributed by atoms with van der Waals surface area (Å²) in [6.07, 6.45) is 0. The maximum atomic E-state index is 5.83. The van der Waals surface area contributed by atoms with Gasteiger partial charge in [-0.2, -0.15) is 0 Å². The maximum Gasteiger partial charge on any atom is 0.163 e. The van der Waals surface area contributed by atoms with Crippen LogP contribution in [0.25, 0.3) is 11.0 Å². The number of benzene rings is 2. The molecule has 0 aliphatic carbocycles. The highest BCUT2D eigenvalue weighted by Gasteiger charge is 2.14. The molecule has 7 heteroatoms. The van der Waals surface area contributed by atoms with Crippen molar-refractivity contribution in [1.82, 2.24) is 10.3 Å². The fraction of sp³-hybridized carbons (Fsp3) is 0.143. The van der Waals surface area contributed by atoms with E-state index in [-0.39, 0.29) is 0 Å². The Balaban J connectivity index is 1.71. The summed E-state index contributed by atoms with van der Waals surface area (Å²) in [5, 5.41) is 10.9. The molecule has 0 fully saturated rings. The van der Waals surface area contributed by atoms with Crippen LogP contribution in [0.5, 0.6) is 11.5 Å². The van der Waals surface area contributed by atoms with Crippen LogP contribution in [0.4, 0.5) is 17.1 Å². The summed E-state index contributed by atoms with van der Waals surface area (Å²) < 4.78 is 15.8. The molecule has 0 amide bonds. The summed E-state index contributed by atoms with van der Waals surface area (Å²) >= 11 is 0. The molecule has 1 aliphatic heterocycles. The molecule has 0 unspecified atom stereocenters. The zero-order chi connectivity index (χ0) is 14.2. The number of rotatable bonds is 2. The number of hydrogen-bond donors (Lipinski definition) is 2. The largest absolute Gasteiger partial charge is 0.486 e. The lowest BCUT2D eigenvalue weighted by molar-refractivity contribution is 0.171. The van der Waals surface area contributed by atoms with Gasteiger partial charge in [0.15, 0.2) is 22.5 Å². The summed E-state index contributed by atoms with van der Waals surface area (Å²) in [5.41, 5.74) is 9.10. The van der Waals surface area contributed by atoms with Crippen LogP contribution in [0.2, 0.25) is 0 Å². The predicted molar refractivity (Wildman–Crippen MR) is 76.9 cm³/mol. The first-order valence-electron chi connectivity index (χ1n) is 6.49. The zero-order valence-corrected chi connectivity index (χ0v) is 11.0. The Morgan fingerprint density at radius 2 is 1.76 bits per heavy atom. The molecule has 3 N–H and O–H groups in total. The van der Waals surface area contributed by atoms with Crippen LogP contribution in [-0.2, 0) is 0 Å². The average molecular weight is 284 g/mol.